The average molecular weight is 471 g/mol. The molecule has 1 atom stereocenters. The van der Waals surface area contributed by atoms with Crippen molar-refractivity contribution >= 4 is 23.2 Å². The van der Waals surface area contributed by atoms with Gasteiger partial charge in [-0.2, -0.15) is 0 Å². The standard InChI is InChI=1S/C26H28Cl2N2O2/c1-31-25-17-21(9-11-24(25)32-18-19-6-3-2-4-7-19)26(30-14-5-12-29-13-15-30)20-8-10-22(27)23(28)16-20/h2-4,6-11,16-17,26,29H,5,12-15,18H2,1H3. The lowest BCUT2D eigenvalue weighted by Crippen LogP contribution is -2.33. The summed E-state index contributed by atoms with van der Waals surface area (Å²) in [5.41, 5.74) is 3.36. The first-order valence-electron chi connectivity index (χ1n) is 10.9. The molecule has 1 fully saturated rings. The summed E-state index contributed by atoms with van der Waals surface area (Å²) in [7, 11) is 1.68. The first-order valence-corrected chi connectivity index (χ1v) is 11.7. The largest absolute Gasteiger partial charge is 0.493 e. The van der Waals surface area contributed by atoms with Gasteiger partial charge < -0.3 is 14.8 Å². The molecule has 0 aliphatic carbocycles. The molecule has 1 unspecified atom stereocenters. The summed E-state index contributed by atoms with van der Waals surface area (Å²) in [5, 5.41) is 4.62. The fraction of sp³-hybridized carbons (Fsp3) is 0.308. The Morgan fingerprint density at radius 1 is 0.875 bits per heavy atom. The van der Waals surface area contributed by atoms with Crippen molar-refractivity contribution in [3.63, 3.8) is 0 Å². The van der Waals surface area contributed by atoms with Gasteiger partial charge in [0.25, 0.3) is 0 Å². The lowest BCUT2D eigenvalue weighted by molar-refractivity contribution is 0.239. The Labute approximate surface area is 200 Å². The second-order valence-electron chi connectivity index (χ2n) is 7.90. The van der Waals surface area contributed by atoms with Crippen LogP contribution in [0.2, 0.25) is 10.0 Å². The highest BCUT2D eigenvalue weighted by Crippen LogP contribution is 2.37. The molecule has 0 radical (unpaired) electrons. The number of ether oxygens (including phenoxy) is 2. The third kappa shape index (κ3) is 5.57. The number of halogens is 2. The summed E-state index contributed by atoms with van der Waals surface area (Å²) in [6.45, 7) is 4.41. The van der Waals surface area contributed by atoms with Gasteiger partial charge in [-0.05, 0) is 53.9 Å². The van der Waals surface area contributed by atoms with Gasteiger partial charge in [0.2, 0.25) is 0 Å². The van der Waals surface area contributed by atoms with Crippen molar-refractivity contribution in [1.82, 2.24) is 10.2 Å². The molecule has 0 aromatic heterocycles. The summed E-state index contributed by atoms with van der Waals surface area (Å²) < 4.78 is 11.8. The van der Waals surface area contributed by atoms with E-state index in [2.05, 4.69) is 40.5 Å². The lowest BCUT2D eigenvalue weighted by Gasteiger charge is -2.32. The normalized spacial score (nSPS) is 15.7. The van der Waals surface area contributed by atoms with E-state index in [0.29, 0.717) is 16.7 Å². The predicted molar refractivity (Wildman–Crippen MR) is 131 cm³/mol. The van der Waals surface area contributed by atoms with E-state index in [1.54, 1.807) is 7.11 Å². The molecule has 0 spiro atoms. The second kappa shape index (κ2) is 11.1. The van der Waals surface area contributed by atoms with E-state index >= 15 is 0 Å². The number of benzene rings is 3. The van der Waals surface area contributed by atoms with E-state index in [1.165, 1.54) is 0 Å². The Morgan fingerprint density at radius 2 is 1.66 bits per heavy atom. The van der Waals surface area contributed by atoms with E-state index in [0.717, 1.165) is 60.8 Å². The Kier molecular flexibility index (Phi) is 7.93. The van der Waals surface area contributed by atoms with E-state index in [4.69, 9.17) is 32.7 Å². The first kappa shape index (κ1) is 22.9. The molecular weight excluding hydrogens is 443 g/mol. The minimum absolute atomic E-state index is 0.0433. The van der Waals surface area contributed by atoms with Gasteiger partial charge in [-0.1, -0.05) is 65.7 Å². The number of rotatable bonds is 7. The van der Waals surface area contributed by atoms with Crippen LogP contribution < -0.4 is 14.8 Å². The summed E-state index contributed by atoms with van der Waals surface area (Å²) >= 11 is 12.6. The van der Waals surface area contributed by atoms with Gasteiger partial charge >= 0.3 is 0 Å². The molecule has 0 amide bonds. The number of hydrogen-bond donors (Lipinski definition) is 1. The zero-order valence-corrected chi connectivity index (χ0v) is 19.7. The summed E-state index contributed by atoms with van der Waals surface area (Å²) in [5.74, 6) is 1.45. The zero-order valence-electron chi connectivity index (χ0n) is 18.2. The van der Waals surface area contributed by atoms with Gasteiger partial charge in [-0.3, -0.25) is 4.90 Å². The molecule has 0 bridgehead atoms. The summed E-state index contributed by atoms with van der Waals surface area (Å²) in [4.78, 5) is 2.48. The van der Waals surface area contributed by atoms with Crippen LogP contribution in [0.25, 0.3) is 0 Å². The monoisotopic (exact) mass is 470 g/mol. The maximum absolute atomic E-state index is 6.39. The predicted octanol–water partition coefficient (Wildman–Crippen LogP) is 5.97. The molecule has 1 aliphatic heterocycles. The molecule has 4 nitrogen and oxygen atoms in total. The highest BCUT2D eigenvalue weighted by molar-refractivity contribution is 6.42. The smallest absolute Gasteiger partial charge is 0.161 e. The van der Waals surface area contributed by atoms with Crippen LogP contribution in [0.15, 0.2) is 66.7 Å². The number of hydrogen-bond acceptors (Lipinski definition) is 4. The van der Waals surface area contributed by atoms with E-state index in [9.17, 15) is 0 Å². The third-order valence-corrected chi connectivity index (χ3v) is 6.48. The maximum Gasteiger partial charge on any atom is 0.161 e. The Hall–Kier alpha value is -2.24. The fourth-order valence-electron chi connectivity index (χ4n) is 4.13. The van der Waals surface area contributed by atoms with Crippen molar-refractivity contribution in [3.8, 4) is 11.5 Å². The van der Waals surface area contributed by atoms with Crippen LogP contribution >= 0.6 is 23.2 Å². The van der Waals surface area contributed by atoms with E-state index in [1.807, 2.05) is 36.4 Å². The SMILES string of the molecule is COc1cc(C(c2ccc(Cl)c(Cl)c2)N2CCCNCC2)ccc1OCc1ccccc1. The van der Waals surface area contributed by atoms with Crippen molar-refractivity contribution < 1.29 is 9.47 Å². The Balaban J connectivity index is 1.65. The van der Waals surface area contributed by atoms with Gasteiger partial charge in [0.1, 0.15) is 6.61 Å². The maximum atomic E-state index is 6.39. The van der Waals surface area contributed by atoms with E-state index < -0.39 is 0 Å². The highest BCUT2D eigenvalue weighted by Gasteiger charge is 2.25. The molecule has 4 rings (SSSR count). The van der Waals surface area contributed by atoms with Gasteiger partial charge in [0.15, 0.2) is 11.5 Å². The van der Waals surface area contributed by atoms with Gasteiger partial charge in [-0.15, -0.1) is 0 Å². The van der Waals surface area contributed by atoms with Gasteiger partial charge in [0.05, 0.1) is 23.2 Å². The molecule has 1 N–H and O–H groups in total. The number of nitrogens with one attached hydrogen (secondary N) is 1. The van der Waals surface area contributed by atoms with Crippen molar-refractivity contribution in [1.29, 1.82) is 0 Å². The third-order valence-electron chi connectivity index (χ3n) is 5.74. The van der Waals surface area contributed by atoms with Crippen molar-refractivity contribution in [2.24, 2.45) is 0 Å². The summed E-state index contributed by atoms with van der Waals surface area (Å²) in [6, 6.07) is 22.3. The Bertz CT molecular complexity index is 1020. The molecule has 3 aromatic rings. The van der Waals surface area contributed by atoms with Crippen molar-refractivity contribution in [3.05, 3.63) is 93.5 Å². The van der Waals surface area contributed by atoms with Crippen LogP contribution in [0.4, 0.5) is 0 Å². The lowest BCUT2D eigenvalue weighted by atomic mass is 9.96. The van der Waals surface area contributed by atoms with Crippen molar-refractivity contribution in [2.75, 3.05) is 33.3 Å². The molecule has 32 heavy (non-hydrogen) atoms. The van der Waals surface area contributed by atoms with Crippen LogP contribution in [0.3, 0.4) is 0 Å². The second-order valence-corrected chi connectivity index (χ2v) is 8.71. The molecule has 168 valence electrons. The van der Waals surface area contributed by atoms with Gasteiger partial charge in [0, 0.05) is 19.6 Å². The molecule has 0 saturated carbocycles. The quantitative estimate of drug-likeness (QED) is 0.461. The van der Waals surface area contributed by atoms with Crippen LogP contribution in [0, 0.1) is 0 Å². The minimum atomic E-state index is 0.0433. The highest BCUT2D eigenvalue weighted by atomic mass is 35.5. The number of methoxy groups -OCH3 is 1. The molecule has 1 saturated heterocycles. The molecule has 6 heteroatoms. The number of nitrogens with zero attached hydrogens (tertiary/aromatic N) is 1. The zero-order chi connectivity index (χ0) is 22.3. The molecule has 1 aliphatic rings. The topological polar surface area (TPSA) is 33.7 Å². The van der Waals surface area contributed by atoms with E-state index in [-0.39, 0.29) is 6.04 Å². The molecule has 3 aromatic carbocycles. The van der Waals surface area contributed by atoms with Crippen LogP contribution in [-0.4, -0.2) is 38.2 Å². The molecule has 1 heterocycles. The summed E-state index contributed by atoms with van der Waals surface area (Å²) in [6.07, 6.45) is 1.09. The first-order chi connectivity index (χ1) is 15.7. The Morgan fingerprint density at radius 3 is 2.44 bits per heavy atom. The average Bonchev–Trinajstić information content (AvgIpc) is 3.10. The van der Waals surface area contributed by atoms with Crippen molar-refractivity contribution in [2.45, 2.75) is 19.1 Å². The minimum Gasteiger partial charge on any atom is -0.493 e. The van der Waals surface area contributed by atoms with Crippen LogP contribution in [0.5, 0.6) is 11.5 Å². The molecular formula is C26H28Cl2N2O2. The van der Waals surface area contributed by atoms with Crippen LogP contribution in [-0.2, 0) is 6.61 Å². The van der Waals surface area contributed by atoms with Gasteiger partial charge in [-0.25, -0.2) is 0 Å². The van der Waals surface area contributed by atoms with Crippen LogP contribution in [0.1, 0.15) is 29.2 Å². The fourth-order valence-corrected chi connectivity index (χ4v) is 4.44.